The number of hydrogen-bond acceptors (Lipinski definition) is 5. The minimum Gasteiger partial charge on any atom is -0.475 e. The van der Waals surface area contributed by atoms with Crippen molar-refractivity contribution in [1.82, 2.24) is 4.90 Å². The van der Waals surface area contributed by atoms with Crippen molar-refractivity contribution in [2.75, 3.05) is 19.6 Å². The van der Waals surface area contributed by atoms with Gasteiger partial charge in [0.1, 0.15) is 5.60 Å². The van der Waals surface area contributed by atoms with Crippen molar-refractivity contribution in [3.8, 4) is 24.7 Å². The number of nitrogens with zero attached hydrogens (tertiary/aromatic N) is 3. The first-order valence-corrected chi connectivity index (χ1v) is 12.6. The lowest BCUT2D eigenvalue weighted by Gasteiger charge is -2.20. The Balaban J connectivity index is -0.000000642. The molecule has 204 valence electrons. The lowest BCUT2D eigenvalue weighted by atomic mass is 10.2. The first-order chi connectivity index (χ1) is 16.9. The fourth-order valence-corrected chi connectivity index (χ4v) is 2.85. The van der Waals surface area contributed by atoms with Gasteiger partial charge in [0.2, 0.25) is 0 Å². The van der Waals surface area contributed by atoms with Gasteiger partial charge in [-0.3, -0.25) is 9.89 Å². The van der Waals surface area contributed by atoms with Crippen molar-refractivity contribution in [3.63, 3.8) is 0 Å². The van der Waals surface area contributed by atoms with Crippen LogP contribution in [0.15, 0.2) is 45.7 Å². The topological polar surface area (TPSA) is 57.4 Å². The van der Waals surface area contributed by atoms with Gasteiger partial charge in [-0.1, -0.05) is 23.3 Å². The van der Waals surface area contributed by atoms with Crippen LogP contribution >= 0.6 is 0 Å². The van der Waals surface area contributed by atoms with Gasteiger partial charge in [-0.15, -0.1) is 24.7 Å². The molecule has 1 unspecified atom stereocenters. The van der Waals surface area contributed by atoms with E-state index in [1.165, 1.54) is 11.1 Å². The molecule has 0 radical (unpaired) electrons. The predicted octanol–water partition coefficient (Wildman–Crippen LogP) is 7.20. The number of ether oxygens (including phenoxy) is 1. The molecular weight excluding hydrogens is 446 g/mol. The Morgan fingerprint density at radius 1 is 1.00 bits per heavy atom. The number of aliphatic hydroxyl groups excluding tert-OH is 1. The molecule has 0 aliphatic carbocycles. The molecule has 5 nitrogen and oxygen atoms in total. The Bertz CT molecular complexity index is 787. The summed E-state index contributed by atoms with van der Waals surface area (Å²) in [5, 5.41) is 9.65. The van der Waals surface area contributed by atoms with Gasteiger partial charge in [-0.2, -0.15) is 0 Å². The maximum Gasteiger partial charge on any atom is 0.185 e. The van der Waals surface area contributed by atoms with E-state index in [4.69, 9.17) is 4.74 Å². The number of terminal acetylenes is 1. The predicted molar refractivity (Wildman–Crippen MR) is 160 cm³/mol. The Labute approximate surface area is 223 Å². The van der Waals surface area contributed by atoms with E-state index in [1.54, 1.807) is 12.4 Å². The molecule has 1 rings (SSSR count). The molecule has 1 fully saturated rings. The first-order valence-electron chi connectivity index (χ1n) is 12.6. The summed E-state index contributed by atoms with van der Waals surface area (Å²) < 4.78 is 5.61. The van der Waals surface area contributed by atoms with Crippen LogP contribution in [0.1, 0.15) is 95.4 Å². The minimum absolute atomic E-state index is 0.137. The molecule has 1 atom stereocenters. The summed E-state index contributed by atoms with van der Waals surface area (Å²) in [5.41, 5.74) is 3.59. The summed E-state index contributed by atoms with van der Waals surface area (Å²) >= 11 is 0. The molecule has 1 heterocycles. The number of aliphatic hydroxyl groups is 1. The summed E-state index contributed by atoms with van der Waals surface area (Å²) in [6.45, 7) is 24.7. The van der Waals surface area contributed by atoms with E-state index in [2.05, 4.69) is 72.5 Å². The fraction of sp³-hybridized carbons (Fsp3) is 0.613. The molecule has 1 saturated heterocycles. The molecule has 0 aromatic carbocycles. The number of hydrogen-bond donors (Lipinski definition) is 1. The third-order valence-electron chi connectivity index (χ3n) is 4.77. The molecule has 0 bridgehead atoms. The largest absolute Gasteiger partial charge is 0.475 e. The smallest absolute Gasteiger partial charge is 0.185 e. The van der Waals surface area contributed by atoms with Gasteiger partial charge >= 0.3 is 0 Å². The third-order valence-corrected chi connectivity index (χ3v) is 4.77. The summed E-state index contributed by atoms with van der Waals surface area (Å²) in [6, 6.07) is 0. The second-order valence-corrected chi connectivity index (χ2v) is 9.57. The number of aliphatic imine (C=N–C) groups is 2. The molecule has 1 N–H and O–H groups in total. The van der Waals surface area contributed by atoms with Crippen LogP contribution in [0, 0.1) is 24.7 Å². The van der Waals surface area contributed by atoms with Crippen LogP contribution in [0.25, 0.3) is 0 Å². The number of allylic oxidation sites excluding steroid dienone is 4. The zero-order valence-corrected chi connectivity index (χ0v) is 25.0. The van der Waals surface area contributed by atoms with E-state index < -0.39 is 0 Å². The van der Waals surface area contributed by atoms with Crippen LogP contribution in [0.5, 0.6) is 0 Å². The Kier molecular flexibility index (Phi) is 25.4. The van der Waals surface area contributed by atoms with Gasteiger partial charge in [0.15, 0.2) is 5.90 Å². The maximum atomic E-state index is 9.65. The monoisotopic (exact) mass is 499 g/mol. The molecule has 0 aromatic rings. The zero-order valence-electron chi connectivity index (χ0n) is 25.0. The molecule has 0 aromatic heterocycles. The van der Waals surface area contributed by atoms with E-state index in [0.29, 0.717) is 5.90 Å². The van der Waals surface area contributed by atoms with Gasteiger partial charge in [-0.05, 0) is 95.0 Å². The molecule has 1 aliphatic rings. The quantitative estimate of drug-likeness (QED) is 0.188. The number of likely N-dealkylation sites (tertiary alicyclic amines) is 1. The summed E-state index contributed by atoms with van der Waals surface area (Å²) in [7, 11) is 0. The number of rotatable bonds is 5. The highest BCUT2D eigenvalue weighted by molar-refractivity contribution is 5.84. The van der Waals surface area contributed by atoms with Crippen molar-refractivity contribution < 1.29 is 9.84 Å². The van der Waals surface area contributed by atoms with Crippen molar-refractivity contribution in [2.45, 2.75) is 107 Å². The van der Waals surface area contributed by atoms with Gasteiger partial charge in [0.25, 0.3) is 0 Å². The summed E-state index contributed by atoms with van der Waals surface area (Å²) in [4.78, 5) is 11.0. The van der Waals surface area contributed by atoms with Crippen LogP contribution < -0.4 is 0 Å². The molecule has 5 heteroatoms. The fourth-order valence-electron chi connectivity index (χ4n) is 2.85. The highest BCUT2D eigenvalue weighted by Crippen LogP contribution is 2.10. The van der Waals surface area contributed by atoms with Crippen LogP contribution in [-0.2, 0) is 4.74 Å². The van der Waals surface area contributed by atoms with Crippen LogP contribution in [0.3, 0.4) is 0 Å². The molecule has 0 saturated carbocycles. The summed E-state index contributed by atoms with van der Waals surface area (Å²) in [6.07, 6.45) is 18.2. The first kappa shape index (κ1) is 37.9. The lowest BCUT2D eigenvalue weighted by molar-refractivity contribution is 0.115. The minimum atomic E-state index is -0.224. The summed E-state index contributed by atoms with van der Waals surface area (Å²) in [5.74, 6) is 6.00. The molecular formula is C31H53N3O2. The highest BCUT2D eigenvalue weighted by atomic mass is 16.5. The molecule has 0 amide bonds. The van der Waals surface area contributed by atoms with Crippen molar-refractivity contribution in [3.05, 3.63) is 35.7 Å². The molecule has 0 spiro atoms. The van der Waals surface area contributed by atoms with E-state index >= 15 is 0 Å². The van der Waals surface area contributed by atoms with E-state index in [0.717, 1.165) is 44.6 Å². The molecule has 36 heavy (non-hydrogen) atoms. The standard InChI is InChI=1S/C17H31N3O2.C8H14.C4H6.C2H2/c1-14(13-20-11-6-7-16(21)8-12-20)18-9-10-19-15(2)22-17(3,4)5;1-5-6-8(4)7(2)3;1-3-4-2;1-2/h9-10,16,21H,6-8,11-13H2,1-5H3;5-6H,1-4H3;1-2H3;1-2H/b10-9-,18-14?,19-15?;6-5-;;. The van der Waals surface area contributed by atoms with Crippen molar-refractivity contribution in [1.29, 1.82) is 0 Å². The van der Waals surface area contributed by atoms with E-state index in [9.17, 15) is 5.11 Å². The van der Waals surface area contributed by atoms with E-state index in [-0.39, 0.29) is 11.7 Å². The van der Waals surface area contributed by atoms with Gasteiger partial charge in [-0.25, -0.2) is 4.99 Å². The Morgan fingerprint density at radius 2 is 1.56 bits per heavy atom. The average Bonchev–Trinajstić information content (AvgIpc) is 3.01. The van der Waals surface area contributed by atoms with Crippen LogP contribution in [0.4, 0.5) is 0 Å². The van der Waals surface area contributed by atoms with E-state index in [1.807, 2.05) is 55.4 Å². The van der Waals surface area contributed by atoms with Crippen LogP contribution in [-0.4, -0.2) is 53.0 Å². The van der Waals surface area contributed by atoms with Crippen LogP contribution in [0.2, 0.25) is 0 Å². The van der Waals surface area contributed by atoms with Gasteiger partial charge < -0.3 is 9.84 Å². The Morgan fingerprint density at radius 3 is 2.00 bits per heavy atom. The Hall–Kier alpha value is -2.60. The zero-order chi connectivity index (χ0) is 28.6. The highest BCUT2D eigenvalue weighted by Gasteiger charge is 2.15. The normalized spacial score (nSPS) is 16.7. The van der Waals surface area contributed by atoms with Crippen molar-refractivity contribution in [2.24, 2.45) is 9.98 Å². The van der Waals surface area contributed by atoms with Gasteiger partial charge in [0.05, 0.1) is 6.10 Å². The van der Waals surface area contributed by atoms with Gasteiger partial charge in [0, 0.05) is 38.1 Å². The van der Waals surface area contributed by atoms with Crippen molar-refractivity contribution >= 4 is 11.6 Å². The second-order valence-electron chi connectivity index (χ2n) is 9.57. The lowest BCUT2D eigenvalue weighted by Crippen LogP contribution is -2.30. The SMILES string of the molecule is C#C.C/C=C\C(C)=C(C)C.CC#CC.CC(CN1CCCC(O)CC1)=N/C=C\N=C(C)OC(C)(C)C. The third kappa shape index (κ3) is 27.6. The second kappa shape index (κ2) is 24.1. The molecule has 1 aliphatic heterocycles. The average molecular weight is 500 g/mol. The maximum absolute atomic E-state index is 9.65.